The summed E-state index contributed by atoms with van der Waals surface area (Å²) in [4.78, 5) is 27.0. The summed E-state index contributed by atoms with van der Waals surface area (Å²) < 4.78 is 11.2. The Kier molecular flexibility index (Phi) is 7.67. The topological polar surface area (TPSA) is 84.9 Å². The number of carbonyl (C=O) groups excluding carboxylic acids is 2. The van der Waals surface area contributed by atoms with Crippen molar-refractivity contribution in [1.29, 1.82) is 0 Å². The number of dihydropyridines is 1. The molecular formula is C28H29Cl2NO5. The molecule has 0 fully saturated rings. The SMILES string of the molecule is CCOc1cc([C@H]2C(C(=O)OC(C)C)=C(C)NC3=C2C(=O)C[C@H](c2ccc(Cl)cc2)C3)cc(Cl)c1O. The number of hydrogen-bond donors (Lipinski definition) is 2. The highest BCUT2D eigenvalue weighted by molar-refractivity contribution is 6.32. The highest BCUT2D eigenvalue weighted by Gasteiger charge is 2.42. The van der Waals surface area contributed by atoms with Crippen molar-refractivity contribution >= 4 is 35.0 Å². The van der Waals surface area contributed by atoms with E-state index in [0.717, 1.165) is 11.3 Å². The molecule has 1 aliphatic carbocycles. The molecule has 190 valence electrons. The van der Waals surface area contributed by atoms with Crippen LogP contribution in [0.25, 0.3) is 0 Å². The number of phenols is 1. The average Bonchev–Trinajstić information content (AvgIpc) is 2.81. The van der Waals surface area contributed by atoms with E-state index in [4.69, 9.17) is 32.7 Å². The van der Waals surface area contributed by atoms with Crippen LogP contribution in [-0.4, -0.2) is 29.6 Å². The lowest BCUT2D eigenvalue weighted by atomic mass is 9.71. The quantitative estimate of drug-likeness (QED) is 0.420. The van der Waals surface area contributed by atoms with Crippen molar-refractivity contribution in [1.82, 2.24) is 5.32 Å². The lowest BCUT2D eigenvalue weighted by molar-refractivity contribution is -0.143. The van der Waals surface area contributed by atoms with E-state index in [-0.39, 0.29) is 40.7 Å². The number of aromatic hydroxyl groups is 1. The van der Waals surface area contributed by atoms with Crippen LogP contribution >= 0.6 is 23.2 Å². The molecule has 0 unspecified atom stereocenters. The Morgan fingerprint density at radius 1 is 1.14 bits per heavy atom. The molecule has 6 nitrogen and oxygen atoms in total. The molecule has 4 rings (SSSR count). The minimum absolute atomic E-state index is 0.0268. The average molecular weight is 530 g/mol. The number of carbonyl (C=O) groups is 2. The van der Waals surface area contributed by atoms with Gasteiger partial charge in [0, 0.05) is 34.3 Å². The first-order valence-corrected chi connectivity index (χ1v) is 12.7. The van der Waals surface area contributed by atoms with Crippen molar-refractivity contribution in [2.45, 2.75) is 58.5 Å². The molecule has 2 atom stereocenters. The summed E-state index contributed by atoms with van der Waals surface area (Å²) in [5.41, 5.74) is 3.81. The maximum atomic E-state index is 13.7. The van der Waals surface area contributed by atoms with E-state index in [2.05, 4.69) is 5.32 Å². The van der Waals surface area contributed by atoms with Crippen LogP contribution < -0.4 is 10.1 Å². The van der Waals surface area contributed by atoms with Crippen molar-refractivity contribution in [3.8, 4) is 11.5 Å². The molecule has 1 heterocycles. The Bertz CT molecular complexity index is 1260. The largest absolute Gasteiger partial charge is 0.503 e. The number of phenolic OH excluding ortho intramolecular Hbond substituents is 1. The number of halogens is 2. The fourth-order valence-electron chi connectivity index (χ4n) is 4.92. The van der Waals surface area contributed by atoms with Crippen LogP contribution in [0.5, 0.6) is 11.5 Å². The first kappa shape index (κ1) is 26.1. The van der Waals surface area contributed by atoms with Crippen LogP contribution in [0.3, 0.4) is 0 Å². The van der Waals surface area contributed by atoms with E-state index in [9.17, 15) is 14.7 Å². The Hall–Kier alpha value is -2.96. The Morgan fingerprint density at radius 3 is 2.47 bits per heavy atom. The molecular weight excluding hydrogens is 501 g/mol. The minimum atomic E-state index is -0.719. The Morgan fingerprint density at radius 2 is 1.83 bits per heavy atom. The highest BCUT2D eigenvalue weighted by Crippen LogP contribution is 2.48. The summed E-state index contributed by atoms with van der Waals surface area (Å²) in [5, 5.41) is 14.4. The fourth-order valence-corrected chi connectivity index (χ4v) is 5.26. The molecule has 2 aliphatic rings. The summed E-state index contributed by atoms with van der Waals surface area (Å²) in [7, 11) is 0. The zero-order chi connectivity index (χ0) is 26.1. The van der Waals surface area contributed by atoms with E-state index >= 15 is 0 Å². The summed E-state index contributed by atoms with van der Waals surface area (Å²) in [6, 6.07) is 10.7. The second-order valence-corrected chi connectivity index (χ2v) is 10.1. The first-order valence-electron chi connectivity index (χ1n) is 12.0. The summed E-state index contributed by atoms with van der Waals surface area (Å²) >= 11 is 12.4. The number of nitrogens with one attached hydrogen (secondary N) is 1. The van der Waals surface area contributed by atoms with E-state index in [1.165, 1.54) is 0 Å². The fraction of sp³-hybridized carbons (Fsp3) is 0.357. The number of hydrogen-bond acceptors (Lipinski definition) is 6. The number of allylic oxidation sites excluding steroid dienone is 3. The molecule has 36 heavy (non-hydrogen) atoms. The summed E-state index contributed by atoms with van der Waals surface area (Å²) in [6.07, 6.45) is 0.536. The van der Waals surface area contributed by atoms with Crippen LogP contribution in [0, 0.1) is 0 Å². The lowest BCUT2D eigenvalue weighted by Crippen LogP contribution is -2.36. The van der Waals surface area contributed by atoms with Gasteiger partial charge in [0.2, 0.25) is 0 Å². The van der Waals surface area contributed by atoms with Gasteiger partial charge in [0.15, 0.2) is 17.3 Å². The standard InChI is InChI=1S/C28H29Cl2NO5/c1-5-35-23-13-18(10-20(30)27(23)33)25-24(28(34)36-14(2)3)15(4)31-21-11-17(12-22(32)26(21)25)16-6-8-19(29)9-7-16/h6-10,13-14,17,25,31,33H,5,11-12H2,1-4H3/t17-,25+/m1/s1. The van der Waals surface area contributed by atoms with Crippen molar-refractivity contribution in [3.05, 3.63) is 80.1 Å². The van der Waals surface area contributed by atoms with Gasteiger partial charge in [-0.25, -0.2) is 4.79 Å². The van der Waals surface area contributed by atoms with E-state index in [1.54, 1.807) is 39.8 Å². The van der Waals surface area contributed by atoms with Crippen LogP contribution in [-0.2, 0) is 14.3 Å². The van der Waals surface area contributed by atoms with Gasteiger partial charge in [0.25, 0.3) is 0 Å². The minimum Gasteiger partial charge on any atom is -0.503 e. The number of Topliss-reactive ketones (excluding diaryl/α,β-unsaturated/α-hetero) is 1. The Balaban J connectivity index is 1.85. The molecule has 0 radical (unpaired) electrons. The van der Waals surface area contributed by atoms with Gasteiger partial charge in [-0.05, 0) is 75.4 Å². The van der Waals surface area contributed by atoms with Crippen molar-refractivity contribution < 1.29 is 24.2 Å². The van der Waals surface area contributed by atoms with Crippen LogP contribution in [0.15, 0.2) is 58.9 Å². The van der Waals surface area contributed by atoms with Gasteiger partial charge in [-0.1, -0.05) is 35.3 Å². The second kappa shape index (κ2) is 10.6. The number of benzene rings is 2. The smallest absolute Gasteiger partial charge is 0.337 e. The number of ether oxygens (including phenoxy) is 2. The van der Waals surface area contributed by atoms with Gasteiger partial charge < -0.3 is 19.9 Å². The van der Waals surface area contributed by atoms with E-state index < -0.39 is 11.9 Å². The molecule has 2 aromatic rings. The van der Waals surface area contributed by atoms with Gasteiger partial charge in [-0.2, -0.15) is 0 Å². The summed E-state index contributed by atoms with van der Waals surface area (Å²) in [5.74, 6) is -1.32. The second-order valence-electron chi connectivity index (χ2n) is 9.31. The number of rotatable bonds is 6. The van der Waals surface area contributed by atoms with Crippen LogP contribution in [0.2, 0.25) is 10.0 Å². The molecule has 0 saturated carbocycles. The summed E-state index contributed by atoms with van der Waals surface area (Å²) in [6.45, 7) is 7.46. The van der Waals surface area contributed by atoms with Crippen molar-refractivity contribution in [2.24, 2.45) is 0 Å². The monoisotopic (exact) mass is 529 g/mol. The molecule has 0 bridgehead atoms. The van der Waals surface area contributed by atoms with Gasteiger partial charge in [0.05, 0.1) is 23.3 Å². The molecule has 1 aliphatic heterocycles. The van der Waals surface area contributed by atoms with Crippen LogP contribution in [0.4, 0.5) is 0 Å². The van der Waals surface area contributed by atoms with Gasteiger partial charge in [0.1, 0.15) is 0 Å². The Labute approximate surface area is 220 Å². The predicted octanol–water partition coefficient (Wildman–Crippen LogP) is 6.41. The number of ketones is 1. The predicted molar refractivity (Wildman–Crippen MR) is 140 cm³/mol. The molecule has 0 spiro atoms. The van der Waals surface area contributed by atoms with Gasteiger partial charge >= 0.3 is 5.97 Å². The third kappa shape index (κ3) is 5.11. The zero-order valence-corrected chi connectivity index (χ0v) is 22.2. The normalized spacial score (nSPS) is 19.8. The highest BCUT2D eigenvalue weighted by atomic mass is 35.5. The number of esters is 1. The third-order valence-electron chi connectivity index (χ3n) is 6.42. The van der Waals surface area contributed by atoms with Crippen LogP contribution in [0.1, 0.15) is 63.5 Å². The van der Waals surface area contributed by atoms with E-state index in [1.807, 2.05) is 24.3 Å². The molecule has 2 N–H and O–H groups in total. The van der Waals surface area contributed by atoms with Crippen molar-refractivity contribution in [3.63, 3.8) is 0 Å². The molecule has 0 amide bonds. The first-order chi connectivity index (χ1) is 17.1. The van der Waals surface area contributed by atoms with Gasteiger partial charge in [-0.15, -0.1) is 0 Å². The molecule has 0 saturated heterocycles. The maximum absolute atomic E-state index is 13.7. The van der Waals surface area contributed by atoms with Gasteiger partial charge in [-0.3, -0.25) is 4.79 Å². The maximum Gasteiger partial charge on any atom is 0.337 e. The zero-order valence-electron chi connectivity index (χ0n) is 20.7. The lowest BCUT2D eigenvalue weighted by Gasteiger charge is -2.37. The van der Waals surface area contributed by atoms with Crippen molar-refractivity contribution in [2.75, 3.05) is 6.61 Å². The third-order valence-corrected chi connectivity index (χ3v) is 6.96. The van der Waals surface area contributed by atoms with E-state index in [0.29, 0.717) is 40.5 Å². The molecule has 8 heteroatoms. The molecule has 2 aromatic carbocycles. The molecule has 0 aromatic heterocycles.